The van der Waals surface area contributed by atoms with Crippen LogP contribution in [0, 0.1) is 0 Å². The molecule has 1 N–H and O–H groups in total. The molecule has 0 radical (unpaired) electrons. The summed E-state index contributed by atoms with van der Waals surface area (Å²) in [5.41, 5.74) is 0.117. The van der Waals surface area contributed by atoms with E-state index in [9.17, 15) is 9.90 Å². The summed E-state index contributed by atoms with van der Waals surface area (Å²) in [5, 5.41) is 10.5. The second kappa shape index (κ2) is 4.81. The molecule has 0 atom stereocenters. The minimum absolute atomic E-state index is 0.117. The number of carbonyl (C=O) groups excluding carboxylic acids is 1. The molecule has 0 saturated carbocycles. The van der Waals surface area contributed by atoms with Crippen LogP contribution in [-0.2, 0) is 6.54 Å². The first-order valence-corrected chi connectivity index (χ1v) is 4.79. The van der Waals surface area contributed by atoms with Crippen LogP contribution in [0.2, 0.25) is 0 Å². The van der Waals surface area contributed by atoms with Gasteiger partial charge in [0.25, 0.3) is 0 Å². The van der Waals surface area contributed by atoms with E-state index in [0.717, 1.165) is 19.6 Å². The van der Waals surface area contributed by atoms with Gasteiger partial charge in [-0.25, -0.2) is 0 Å². The Morgan fingerprint density at radius 2 is 2.14 bits per heavy atom. The third-order valence-electron chi connectivity index (χ3n) is 2.31. The summed E-state index contributed by atoms with van der Waals surface area (Å²) in [6.07, 6.45) is 1.23. The minimum atomic E-state index is -1.19. The number of rotatable bonds is 5. The highest BCUT2D eigenvalue weighted by molar-refractivity contribution is 5.85. The molecule has 0 saturated heterocycles. The van der Waals surface area contributed by atoms with Crippen LogP contribution in [0.4, 0.5) is 0 Å². The molecule has 4 heteroatoms. The molecule has 0 fully saturated rings. The number of carboxylic acids is 1. The van der Waals surface area contributed by atoms with Crippen LogP contribution in [0.25, 0.3) is 0 Å². The van der Waals surface area contributed by atoms with Gasteiger partial charge in [-0.05, 0) is 19.9 Å². The highest BCUT2D eigenvalue weighted by Gasteiger charge is 2.08. The summed E-state index contributed by atoms with van der Waals surface area (Å²) in [7, 11) is 0. The molecule has 0 aliphatic rings. The molecule has 4 nitrogen and oxygen atoms in total. The fraction of sp³-hybridized carbons (Fsp3) is 0.500. The van der Waals surface area contributed by atoms with Gasteiger partial charge in [-0.15, -0.1) is 0 Å². The van der Waals surface area contributed by atoms with Gasteiger partial charge in [-0.1, -0.05) is 0 Å². The monoisotopic (exact) mass is 197 g/mol. The highest BCUT2D eigenvalue weighted by atomic mass is 16.4. The molecule has 1 aromatic rings. The normalized spacial score (nSPS) is 10.8. The number of hydrogen-bond donors (Lipinski definition) is 1. The van der Waals surface area contributed by atoms with Crippen molar-refractivity contribution in [3.63, 3.8) is 0 Å². The SMILES string of the molecule is CC[NH+](CC)Cc1cc(C(=O)[O-])co1. The lowest BCUT2D eigenvalue weighted by molar-refractivity contribution is -0.911. The lowest BCUT2D eigenvalue weighted by Gasteiger charge is -2.12. The van der Waals surface area contributed by atoms with E-state index < -0.39 is 5.97 Å². The largest absolute Gasteiger partial charge is 0.545 e. The Hall–Kier alpha value is -1.29. The average Bonchev–Trinajstić information content (AvgIpc) is 2.62. The van der Waals surface area contributed by atoms with Crippen molar-refractivity contribution in [3.8, 4) is 0 Å². The van der Waals surface area contributed by atoms with Gasteiger partial charge >= 0.3 is 0 Å². The van der Waals surface area contributed by atoms with Crippen LogP contribution in [0.1, 0.15) is 30.0 Å². The molecule has 0 unspecified atom stereocenters. The highest BCUT2D eigenvalue weighted by Crippen LogP contribution is 2.05. The molecule has 0 bridgehead atoms. The molecule has 1 heterocycles. The Kier molecular flexibility index (Phi) is 3.71. The van der Waals surface area contributed by atoms with E-state index in [4.69, 9.17) is 4.42 Å². The summed E-state index contributed by atoms with van der Waals surface area (Å²) in [5.74, 6) is -0.488. The van der Waals surface area contributed by atoms with Crippen LogP contribution in [0.5, 0.6) is 0 Å². The van der Waals surface area contributed by atoms with Gasteiger partial charge in [-0.2, -0.15) is 0 Å². The summed E-state index contributed by atoms with van der Waals surface area (Å²) in [6, 6.07) is 1.53. The van der Waals surface area contributed by atoms with Gasteiger partial charge in [0.2, 0.25) is 0 Å². The molecule has 1 aromatic heterocycles. The van der Waals surface area contributed by atoms with Gasteiger partial charge in [0.15, 0.2) is 5.76 Å². The average molecular weight is 197 g/mol. The fourth-order valence-electron chi connectivity index (χ4n) is 1.33. The molecule has 1 rings (SSSR count). The molecule has 0 aromatic carbocycles. The fourth-order valence-corrected chi connectivity index (χ4v) is 1.33. The van der Waals surface area contributed by atoms with Crippen molar-refractivity contribution in [1.29, 1.82) is 0 Å². The quantitative estimate of drug-likeness (QED) is 0.663. The maximum atomic E-state index is 10.5. The van der Waals surface area contributed by atoms with Crippen molar-refractivity contribution in [2.75, 3.05) is 13.1 Å². The van der Waals surface area contributed by atoms with Gasteiger partial charge in [0.1, 0.15) is 12.8 Å². The first kappa shape index (κ1) is 10.8. The molecule has 0 spiro atoms. The maximum Gasteiger partial charge on any atom is 0.158 e. The number of carbonyl (C=O) groups is 1. The number of hydrogen-bond acceptors (Lipinski definition) is 3. The number of quaternary nitrogens is 1. The molecular formula is C10H15NO3. The molecule has 78 valence electrons. The Labute approximate surface area is 83.1 Å². The standard InChI is InChI=1S/C10H15NO3/c1-3-11(4-2)6-9-5-8(7-14-9)10(12)13/h5,7H,3-4,6H2,1-2H3,(H,12,13). The van der Waals surface area contributed by atoms with E-state index in [1.165, 1.54) is 17.2 Å². The van der Waals surface area contributed by atoms with Crippen molar-refractivity contribution < 1.29 is 19.2 Å². The Morgan fingerprint density at radius 3 is 2.57 bits per heavy atom. The van der Waals surface area contributed by atoms with Gasteiger partial charge in [-0.3, -0.25) is 0 Å². The number of carboxylic acid groups (broad SMARTS) is 1. The molecular weight excluding hydrogens is 182 g/mol. The van der Waals surface area contributed by atoms with Crippen molar-refractivity contribution in [3.05, 3.63) is 23.7 Å². The number of aromatic carboxylic acids is 1. The van der Waals surface area contributed by atoms with Crippen LogP contribution >= 0.6 is 0 Å². The Bertz CT molecular complexity index is 302. The van der Waals surface area contributed by atoms with Crippen LogP contribution < -0.4 is 10.0 Å². The predicted octanol–water partition coefficient (Wildman–Crippen LogP) is -0.932. The summed E-state index contributed by atoms with van der Waals surface area (Å²) >= 11 is 0. The van der Waals surface area contributed by atoms with E-state index in [-0.39, 0.29) is 5.56 Å². The smallest absolute Gasteiger partial charge is 0.158 e. The lowest BCUT2D eigenvalue weighted by atomic mass is 10.3. The van der Waals surface area contributed by atoms with Crippen molar-refractivity contribution in [2.24, 2.45) is 0 Å². The number of furan rings is 1. The zero-order valence-electron chi connectivity index (χ0n) is 8.50. The van der Waals surface area contributed by atoms with Crippen molar-refractivity contribution in [1.82, 2.24) is 0 Å². The van der Waals surface area contributed by atoms with Crippen molar-refractivity contribution >= 4 is 5.97 Å². The third-order valence-corrected chi connectivity index (χ3v) is 2.31. The second-order valence-electron chi connectivity index (χ2n) is 3.22. The van der Waals surface area contributed by atoms with E-state index in [1.807, 2.05) is 0 Å². The van der Waals surface area contributed by atoms with Crippen LogP contribution in [0.3, 0.4) is 0 Å². The minimum Gasteiger partial charge on any atom is -0.545 e. The first-order chi connectivity index (χ1) is 6.67. The topological polar surface area (TPSA) is 57.7 Å². The van der Waals surface area contributed by atoms with E-state index in [0.29, 0.717) is 5.76 Å². The van der Waals surface area contributed by atoms with Gasteiger partial charge in [0.05, 0.1) is 19.1 Å². The third kappa shape index (κ3) is 2.60. The lowest BCUT2D eigenvalue weighted by Crippen LogP contribution is -3.10. The second-order valence-corrected chi connectivity index (χ2v) is 3.22. The molecule has 0 aliphatic heterocycles. The summed E-state index contributed by atoms with van der Waals surface area (Å²) in [4.78, 5) is 11.8. The molecule has 0 amide bonds. The first-order valence-electron chi connectivity index (χ1n) is 4.79. The van der Waals surface area contributed by atoms with Crippen molar-refractivity contribution in [2.45, 2.75) is 20.4 Å². The zero-order chi connectivity index (χ0) is 10.6. The zero-order valence-corrected chi connectivity index (χ0v) is 8.50. The van der Waals surface area contributed by atoms with Gasteiger partial charge in [0, 0.05) is 5.56 Å². The predicted molar refractivity (Wildman–Crippen MR) is 48.8 cm³/mol. The Morgan fingerprint density at radius 1 is 1.50 bits per heavy atom. The molecule has 0 aliphatic carbocycles. The van der Waals surface area contributed by atoms with E-state index >= 15 is 0 Å². The van der Waals surface area contributed by atoms with Crippen LogP contribution in [0.15, 0.2) is 16.7 Å². The maximum absolute atomic E-state index is 10.5. The van der Waals surface area contributed by atoms with E-state index in [1.54, 1.807) is 0 Å². The van der Waals surface area contributed by atoms with Gasteiger partial charge < -0.3 is 19.2 Å². The summed E-state index contributed by atoms with van der Waals surface area (Å²) in [6.45, 7) is 6.89. The van der Waals surface area contributed by atoms with E-state index in [2.05, 4.69) is 13.8 Å². The Balaban J connectivity index is 2.63. The summed E-state index contributed by atoms with van der Waals surface area (Å²) < 4.78 is 5.12. The number of nitrogens with one attached hydrogen (secondary N) is 1. The molecule has 14 heavy (non-hydrogen) atoms. The van der Waals surface area contributed by atoms with Crippen LogP contribution in [-0.4, -0.2) is 19.1 Å².